The number of benzene rings is 2. The maximum atomic E-state index is 13.2. The van der Waals surface area contributed by atoms with Crippen LogP contribution in [-0.4, -0.2) is 47.4 Å². The van der Waals surface area contributed by atoms with Gasteiger partial charge in [-0.25, -0.2) is 4.98 Å². The van der Waals surface area contributed by atoms with Gasteiger partial charge in [0.15, 0.2) is 0 Å². The zero-order valence-corrected chi connectivity index (χ0v) is 20.9. The zero-order chi connectivity index (χ0) is 25.3. The number of aromatic nitrogens is 1. The molecule has 1 saturated heterocycles. The topological polar surface area (TPSA) is 83.6 Å². The van der Waals surface area contributed by atoms with E-state index in [1.54, 1.807) is 25.3 Å². The lowest BCUT2D eigenvalue weighted by atomic mass is 10.1. The van der Waals surface area contributed by atoms with Crippen molar-refractivity contribution < 1.29 is 14.3 Å². The summed E-state index contributed by atoms with van der Waals surface area (Å²) in [7, 11) is 0. The third kappa shape index (κ3) is 7.15. The molecule has 188 valence electrons. The number of amides is 2. The Kier molecular flexibility index (Phi) is 8.68. The monoisotopic (exact) mass is 486 g/mol. The first-order valence-corrected chi connectivity index (χ1v) is 12.5. The highest BCUT2D eigenvalue weighted by molar-refractivity contribution is 5.94. The zero-order valence-electron chi connectivity index (χ0n) is 20.9. The molecule has 7 heteroatoms. The number of carbonyl (C=O) groups is 2. The quantitative estimate of drug-likeness (QED) is 0.471. The third-order valence-corrected chi connectivity index (χ3v) is 6.39. The number of likely N-dealkylation sites (tertiary alicyclic amines) is 1. The number of carbonyl (C=O) groups excluding carboxylic acids is 2. The van der Waals surface area contributed by atoms with Gasteiger partial charge in [0, 0.05) is 20.0 Å². The van der Waals surface area contributed by atoms with Crippen molar-refractivity contribution in [2.75, 3.05) is 25.0 Å². The summed E-state index contributed by atoms with van der Waals surface area (Å²) >= 11 is 0. The first-order valence-electron chi connectivity index (χ1n) is 12.5. The fourth-order valence-electron chi connectivity index (χ4n) is 4.36. The number of ether oxygens (including phenoxy) is 1. The van der Waals surface area contributed by atoms with Crippen LogP contribution in [0.3, 0.4) is 0 Å². The van der Waals surface area contributed by atoms with Crippen molar-refractivity contribution in [3.8, 4) is 5.75 Å². The molecule has 1 aliphatic rings. The molecule has 2 N–H and O–H groups in total. The highest BCUT2D eigenvalue weighted by atomic mass is 16.5. The maximum Gasteiger partial charge on any atom is 0.247 e. The van der Waals surface area contributed by atoms with Crippen molar-refractivity contribution in [2.24, 2.45) is 0 Å². The second kappa shape index (κ2) is 12.3. The normalized spacial score (nSPS) is 16.3. The van der Waals surface area contributed by atoms with E-state index < -0.39 is 6.04 Å². The van der Waals surface area contributed by atoms with Gasteiger partial charge in [-0.05, 0) is 49.4 Å². The standard InChI is InChI=1S/C29H34N4O3/c1-21-10-12-23(13-11-21)16-17-30-28(24-7-4-3-5-8-24)29(35)32-27-15-14-25(19-31-27)36-26-9-6-18-33(20-26)22(2)34/h3-5,7-8,10-15,19,26,28,30H,6,9,16-18,20H2,1-2H3,(H,31,32,35)/t26-,28-/m1/s1. The van der Waals surface area contributed by atoms with Crippen LogP contribution in [0, 0.1) is 6.92 Å². The van der Waals surface area contributed by atoms with E-state index in [4.69, 9.17) is 4.74 Å². The molecule has 2 amide bonds. The van der Waals surface area contributed by atoms with Crippen molar-refractivity contribution in [2.45, 2.75) is 45.3 Å². The van der Waals surface area contributed by atoms with Crippen molar-refractivity contribution in [3.05, 3.63) is 89.6 Å². The van der Waals surface area contributed by atoms with Gasteiger partial charge in [-0.2, -0.15) is 0 Å². The van der Waals surface area contributed by atoms with E-state index >= 15 is 0 Å². The number of rotatable bonds is 9. The van der Waals surface area contributed by atoms with Gasteiger partial charge in [-0.3, -0.25) is 9.59 Å². The lowest BCUT2D eigenvalue weighted by Gasteiger charge is -2.32. The Morgan fingerprint density at radius 2 is 1.86 bits per heavy atom. The van der Waals surface area contributed by atoms with E-state index in [0.29, 0.717) is 24.7 Å². The van der Waals surface area contributed by atoms with Gasteiger partial charge in [0.2, 0.25) is 11.8 Å². The summed E-state index contributed by atoms with van der Waals surface area (Å²) in [5, 5.41) is 6.33. The van der Waals surface area contributed by atoms with Crippen LogP contribution in [0.1, 0.15) is 42.5 Å². The van der Waals surface area contributed by atoms with Crippen molar-refractivity contribution in [3.63, 3.8) is 0 Å². The maximum absolute atomic E-state index is 13.2. The molecule has 0 radical (unpaired) electrons. The Labute approximate surface area is 212 Å². The molecule has 2 atom stereocenters. The average molecular weight is 487 g/mol. The highest BCUT2D eigenvalue weighted by Gasteiger charge is 2.23. The molecule has 0 spiro atoms. The summed E-state index contributed by atoms with van der Waals surface area (Å²) in [6, 6.07) is 21.2. The summed E-state index contributed by atoms with van der Waals surface area (Å²) in [6.07, 6.45) is 4.21. The number of pyridine rings is 1. The lowest BCUT2D eigenvalue weighted by Crippen LogP contribution is -2.43. The molecule has 0 unspecified atom stereocenters. The van der Waals surface area contributed by atoms with Crippen molar-refractivity contribution in [1.29, 1.82) is 0 Å². The fourth-order valence-corrected chi connectivity index (χ4v) is 4.36. The van der Waals surface area contributed by atoms with Crippen LogP contribution in [0.2, 0.25) is 0 Å². The number of anilines is 1. The number of piperidine rings is 1. The van der Waals surface area contributed by atoms with Crippen LogP contribution >= 0.6 is 0 Å². The minimum atomic E-state index is -0.505. The van der Waals surface area contributed by atoms with Crippen LogP contribution < -0.4 is 15.4 Å². The lowest BCUT2D eigenvalue weighted by molar-refractivity contribution is -0.131. The minimum absolute atomic E-state index is 0.0509. The molecule has 0 aliphatic carbocycles. The predicted octanol–water partition coefficient (Wildman–Crippen LogP) is 4.29. The van der Waals surface area contributed by atoms with E-state index in [1.165, 1.54) is 11.1 Å². The van der Waals surface area contributed by atoms with Crippen LogP contribution in [0.5, 0.6) is 5.75 Å². The van der Waals surface area contributed by atoms with E-state index in [9.17, 15) is 9.59 Å². The summed E-state index contributed by atoms with van der Waals surface area (Å²) in [4.78, 5) is 31.1. The number of nitrogens with one attached hydrogen (secondary N) is 2. The largest absolute Gasteiger partial charge is 0.487 e. The Morgan fingerprint density at radius 3 is 2.56 bits per heavy atom. The molecule has 0 bridgehead atoms. The number of hydrogen-bond donors (Lipinski definition) is 2. The molecule has 0 saturated carbocycles. The first-order chi connectivity index (χ1) is 17.5. The molecule has 1 fully saturated rings. The van der Waals surface area contributed by atoms with E-state index in [2.05, 4.69) is 46.8 Å². The van der Waals surface area contributed by atoms with Gasteiger partial charge in [0.1, 0.15) is 23.7 Å². The van der Waals surface area contributed by atoms with E-state index in [0.717, 1.165) is 31.4 Å². The smallest absolute Gasteiger partial charge is 0.247 e. The molecule has 1 aliphatic heterocycles. The molecule has 2 heterocycles. The summed E-state index contributed by atoms with van der Waals surface area (Å²) in [5.41, 5.74) is 3.35. The summed E-state index contributed by atoms with van der Waals surface area (Å²) in [6.45, 7) is 5.68. The number of hydrogen-bond acceptors (Lipinski definition) is 5. The van der Waals surface area contributed by atoms with Gasteiger partial charge in [-0.1, -0.05) is 60.2 Å². The molecule has 36 heavy (non-hydrogen) atoms. The minimum Gasteiger partial charge on any atom is -0.487 e. The van der Waals surface area contributed by atoms with Gasteiger partial charge in [-0.15, -0.1) is 0 Å². The number of aryl methyl sites for hydroxylation is 1. The first kappa shape index (κ1) is 25.4. The van der Waals surface area contributed by atoms with Crippen molar-refractivity contribution >= 4 is 17.6 Å². The van der Waals surface area contributed by atoms with Crippen LogP contribution in [0.4, 0.5) is 5.82 Å². The fraction of sp³-hybridized carbons (Fsp3) is 0.345. The average Bonchev–Trinajstić information content (AvgIpc) is 2.89. The number of nitrogens with zero attached hydrogens (tertiary/aromatic N) is 2. The Bertz CT molecular complexity index is 1130. The molecular weight excluding hydrogens is 452 g/mol. The Hall–Kier alpha value is -3.71. The highest BCUT2D eigenvalue weighted by Crippen LogP contribution is 2.20. The van der Waals surface area contributed by atoms with Crippen LogP contribution in [-0.2, 0) is 16.0 Å². The molecule has 7 nitrogen and oxygen atoms in total. The van der Waals surface area contributed by atoms with Crippen LogP contribution in [0.15, 0.2) is 72.9 Å². The second-order valence-electron chi connectivity index (χ2n) is 9.25. The van der Waals surface area contributed by atoms with Crippen LogP contribution in [0.25, 0.3) is 0 Å². The van der Waals surface area contributed by atoms with Gasteiger partial charge >= 0.3 is 0 Å². The van der Waals surface area contributed by atoms with Gasteiger partial charge in [0.05, 0.1) is 12.7 Å². The second-order valence-corrected chi connectivity index (χ2v) is 9.25. The molecule has 3 aromatic rings. The molecule has 1 aromatic heterocycles. The predicted molar refractivity (Wildman–Crippen MR) is 141 cm³/mol. The summed E-state index contributed by atoms with van der Waals surface area (Å²) < 4.78 is 6.03. The van der Waals surface area contributed by atoms with Gasteiger partial charge < -0.3 is 20.3 Å². The Morgan fingerprint density at radius 1 is 1.08 bits per heavy atom. The van der Waals surface area contributed by atoms with Gasteiger partial charge in [0.25, 0.3) is 0 Å². The van der Waals surface area contributed by atoms with E-state index in [-0.39, 0.29) is 17.9 Å². The molecular formula is C29H34N4O3. The van der Waals surface area contributed by atoms with E-state index in [1.807, 2.05) is 35.2 Å². The molecule has 4 rings (SSSR count). The van der Waals surface area contributed by atoms with Crippen molar-refractivity contribution in [1.82, 2.24) is 15.2 Å². The summed E-state index contributed by atoms with van der Waals surface area (Å²) in [5.74, 6) is 0.984. The molecule has 2 aromatic carbocycles. The third-order valence-electron chi connectivity index (χ3n) is 6.39. The Balaban J connectivity index is 1.35. The SMILES string of the molecule is CC(=O)N1CCC[C@@H](Oc2ccc(NC(=O)[C@H](NCCc3ccc(C)cc3)c3ccccc3)nc2)C1.